The van der Waals surface area contributed by atoms with Gasteiger partial charge in [0.05, 0.1) is 10.9 Å². The highest BCUT2D eigenvalue weighted by Crippen LogP contribution is 2.38. The van der Waals surface area contributed by atoms with Crippen molar-refractivity contribution in [3.8, 4) is 5.75 Å². The predicted molar refractivity (Wildman–Crippen MR) is 110 cm³/mol. The number of hydrogen-bond donors (Lipinski definition) is 0. The van der Waals surface area contributed by atoms with Gasteiger partial charge in [-0.25, -0.2) is 0 Å². The normalized spacial score (nSPS) is 19.2. The summed E-state index contributed by atoms with van der Waals surface area (Å²) in [6, 6.07) is 17.7. The molecule has 1 fully saturated rings. The quantitative estimate of drug-likeness (QED) is 0.556. The van der Waals surface area contributed by atoms with Gasteiger partial charge in [-0.1, -0.05) is 72.5 Å². The second-order valence-corrected chi connectivity index (χ2v) is 7.86. The maximum atomic E-state index is 12.9. The van der Waals surface area contributed by atoms with Crippen molar-refractivity contribution < 1.29 is 9.53 Å². The van der Waals surface area contributed by atoms with Crippen molar-refractivity contribution >= 4 is 40.3 Å². The second kappa shape index (κ2) is 7.09. The van der Waals surface area contributed by atoms with E-state index < -0.39 is 0 Å². The topological polar surface area (TPSA) is 29.5 Å². The molecule has 2 aliphatic rings. The number of nitrogens with zero attached hydrogens (tertiary/aromatic N) is 1. The first-order valence-corrected chi connectivity index (χ1v) is 9.60. The molecule has 1 saturated heterocycles. The van der Waals surface area contributed by atoms with E-state index in [0.29, 0.717) is 15.8 Å². The number of para-hydroxylation sites is 1. The Morgan fingerprint density at radius 3 is 2.69 bits per heavy atom. The number of ether oxygens (including phenoxy) is 1. The van der Waals surface area contributed by atoms with Gasteiger partial charge in [-0.05, 0) is 36.3 Å². The van der Waals surface area contributed by atoms with Crippen LogP contribution in [0.25, 0.3) is 6.08 Å². The van der Waals surface area contributed by atoms with Gasteiger partial charge in [0.1, 0.15) is 16.7 Å². The van der Waals surface area contributed by atoms with Crippen molar-refractivity contribution in [2.24, 2.45) is 0 Å². The highest BCUT2D eigenvalue weighted by Gasteiger charge is 2.36. The fourth-order valence-electron chi connectivity index (χ4n) is 3.08. The standard InChI is InChI=1S/C21H17NO2S2/c1-14(16-7-3-2-4-8-16)22-20(23)19(26-21(22)25)12-15-11-17-9-5-6-10-18(17)24-13-15/h2-12,14H,13H2,1H3/b19-12+. The maximum Gasteiger partial charge on any atom is 0.266 e. The van der Waals surface area contributed by atoms with Crippen molar-refractivity contribution in [3.63, 3.8) is 0 Å². The molecule has 1 atom stereocenters. The lowest BCUT2D eigenvalue weighted by Crippen LogP contribution is -2.31. The van der Waals surface area contributed by atoms with E-state index in [1.165, 1.54) is 11.8 Å². The Bertz CT molecular complexity index is 934. The smallest absolute Gasteiger partial charge is 0.266 e. The van der Waals surface area contributed by atoms with Gasteiger partial charge in [0.15, 0.2) is 0 Å². The monoisotopic (exact) mass is 379 g/mol. The van der Waals surface area contributed by atoms with Crippen LogP contribution in [0.2, 0.25) is 0 Å². The fourth-order valence-corrected chi connectivity index (χ4v) is 4.51. The first kappa shape index (κ1) is 17.1. The highest BCUT2D eigenvalue weighted by molar-refractivity contribution is 8.26. The van der Waals surface area contributed by atoms with Crippen LogP contribution in [0.5, 0.6) is 5.75 Å². The summed E-state index contributed by atoms with van der Waals surface area (Å²) in [4.78, 5) is 15.3. The van der Waals surface area contributed by atoms with Crippen LogP contribution in [0.3, 0.4) is 0 Å². The van der Waals surface area contributed by atoms with Crippen molar-refractivity contribution in [1.29, 1.82) is 0 Å². The lowest BCUT2D eigenvalue weighted by Gasteiger charge is -2.23. The van der Waals surface area contributed by atoms with Crippen molar-refractivity contribution in [3.05, 3.63) is 82.3 Å². The van der Waals surface area contributed by atoms with Crippen LogP contribution in [-0.4, -0.2) is 21.7 Å². The second-order valence-electron chi connectivity index (χ2n) is 6.18. The van der Waals surface area contributed by atoms with Gasteiger partial charge in [0, 0.05) is 5.56 Å². The number of benzene rings is 2. The molecule has 0 spiro atoms. The number of fused-ring (bicyclic) bond motifs is 1. The Labute approximate surface area is 162 Å². The van der Waals surface area contributed by atoms with E-state index in [0.717, 1.165) is 22.4 Å². The molecule has 5 heteroatoms. The lowest BCUT2D eigenvalue weighted by atomic mass is 10.1. The lowest BCUT2D eigenvalue weighted by molar-refractivity contribution is -0.123. The summed E-state index contributed by atoms with van der Waals surface area (Å²) in [6.45, 7) is 2.46. The van der Waals surface area contributed by atoms with Gasteiger partial charge in [-0.15, -0.1) is 0 Å². The van der Waals surface area contributed by atoms with E-state index in [4.69, 9.17) is 17.0 Å². The van der Waals surface area contributed by atoms with Crippen molar-refractivity contribution in [2.75, 3.05) is 6.61 Å². The summed E-state index contributed by atoms with van der Waals surface area (Å²) in [5.74, 6) is 0.825. The van der Waals surface area contributed by atoms with E-state index in [1.54, 1.807) is 4.90 Å². The largest absolute Gasteiger partial charge is 0.488 e. The van der Waals surface area contributed by atoms with E-state index in [2.05, 4.69) is 6.08 Å². The minimum absolute atomic E-state index is 0.0453. The van der Waals surface area contributed by atoms with Crippen LogP contribution < -0.4 is 4.74 Å². The third-order valence-electron chi connectivity index (χ3n) is 4.46. The third-order valence-corrected chi connectivity index (χ3v) is 5.79. The van der Waals surface area contributed by atoms with Gasteiger partial charge in [-0.2, -0.15) is 0 Å². The summed E-state index contributed by atoms with van der Waals surface area (Å²) in [5, 5.41) is 0. The number of thiocarbonyl (C=S) groups is 1. The van der Waals surface area contributed by atoms with Crippen molar-refractivity contribution in [1.82, 2.24) is 4.90 Å². The molecule has 4 rings (SSSR count). The molecule has 0 aliphatic carbocycles. The number of hydrogen-bond acceptors (Lipinski definition) is 4. The van der Waals surface area contributed by atoms with Crippen LogP contribution in [0.4, 0.5) is 0 Å². The van der Waals surface area contributed by atoms with Crippen LogP contribution in [0, 0.1) is 0 Å². The van der Waals surface area contributed by atoms with Gasteiger partial charge in [-0.3, -0.25) is 9.69 Å². The Hall–Kier alpha value is -2.37. The Morgan fingerprint density at radius 2 is 1.88 bits per heavy atom. The van der Waals surface area contributed by atoms with E-state index >= 15 is 0 Å². The van der Waals surface area contributed by atoms with E-state index in [9.17, 15) is 4.79 Å². The Kier molecular flexibility index (Phi) is 4.66. The summed E-state index contributed by atoms with van der Waals surface area (Å²) >= 11 is 6.83. The van der Waals surface area contributed by atoms with Gasteiger partial charge in [0.25, 0.3) is 5.91 Å². The Morgan fingerprint density at radius 1 is 1.15 bits per heavy atom. The average molecular weight is 380 g/mol. The summed E-state index contributed by atoms with van der Waals surface area (Å²) in [5.41, 5.74) is 3.06. The van der Waals surface area contributed by atoms with Crippen LogP contribution >= 0.6 is 24.0 Å². The highest BCUT2D eigenvalue weighted by atomic mass is 32.2. The van der Waals surface area contributed by atoms with Gasteiger partial charge >= 0.3 is 0 Å². The number of carbonyl (C=O) groups is 1. The molecule has 2 aromatic rings. The Balaban J connectivity index is 1.60. The summed E-state index contributed by atoms with van der Waals surface area (Å²) < 4.78 is 6.37. The molecule has 26 heavy (non-hydrogen) atoms. The molecular formula is C21H17NO2S2. The molecule has 0 radical (unpaired) electrons. The van der Waals surface area contributed by atoms with E-state index in [-0.39, 0.29) is 11.9 Å². The number of carbonyl (C=O) groups excluding carboxylic acids is 1. The zero-order valence-electron chi connectivity index (χ0n) is 14.2. The molecule has 2 aromatic carbocycles. The molecule has 1 amide bonds. The van der Waals surface area contributed by atoms with E-state index in [1.807, 2.05) is 67.6 Å². The van der Waals surface area contributed by atoms with Crippen LogP contribution in [0.1, 0.15) is 24.1 Å². The maximum absolute atomic E-state index is 12.9. The average Bonchev–Trinajstić information content (AvgIpc) is 2.95. The molecular weight excluding hydrogens is 362 g/mol. The molecule has 2 aliphatic heterocycles. The van der Waals surface area contributed by atoms with Crippen molar-refractivity contribution in [2.45, 2.75) is 13.0 Å². The zero-order valence-corrected chi connectivity index (χ0v) is 15.8. The number of thioether (sulfide) groups is 1. The number of amides is 1. The summed E-state index contributed by atoms with van der Waals surface area (Å²) in [7, 11) is 0. The first-order chi connectivity index (χ1) is 12.6. The molecule has 3 nitrogen and oxygen atoms in total. The third kappa shape index (κ3) is 3.20. The van der Waals surface area contributed by atoms with Gasteiger partial charge in [0.2, 0.25) is 0 Å². The van der Waals surface area contributed by atoms with Crippen LogP contribution in [0.15, 0.2) is 71.2 Å². The number of rotatable bonds is 3. The molecule has 1 unspecified atom stereocenters. The minimum Gasteiger partial charge on any atom is -0.488 e. The molecule has 130 valence electrons. The molecule has 0 aromatic heterocycles. The molecule has 0 bridgehead atoms. The SMILES string of the molecule is CC(c1ccccc1)N1C(=O)/C(=C\C2=Cc3ccccc3OC2)SC1=S. The predicted octanol–water partition coefficient (Wildman–Crippen LogP) is 4.97. The minimum atomic E-state index is -0.0908. The van der Waals surface area contributed by atoms with Crippen LogP contribution in [-0.2, 0) is 4.79 Å². The molecule has 2 heterocycles. The summed E-state index contributed by atoms with van der Waals surface area (Å²) in [6.07, 6.45) is 3.96. The fraction of sp³-hybridized carbons (Fsp3) is 0.143. The molecule has 0 saturated carbocycles. The first-order valence-electron chi connectivity index (χ1n) is 8.38. The molecule has 0 N–H and O–H groups in total. The van der Waals surface area contributed by atoms with Gasteiger partial charge < -0.3 is 4.74 Å². The zero-order chi connectivity index (χ0) is 18.1.